The van der Waals surface area contributed by atoms with Gasteiger partial charge in [-0.25, -0.2) is 0 Å². The first-order valence-corrected chi connectivity index (χ1v) is 7.60. The summed E-state index contributed by atoms with van der Waals surface area (Å²) in [5, 5.41) is 3.70. The van der Waals surface area contributed by atoms with Crippen LogP contribution < -0.4 is 5.32 Å². The van der Waals surface area contributed by atoms with Crippen molar-refractivity contribution in [3.05, 3.63) is 0 Å². The third kappa shape index (κ3) is 2.45. The summed E-state index contributed by atoms with van der Waals surface area (Å²) in [7, 11) is 0. The predicted molar refractivity (Wildman–Crippen MR) is 75.8 cm³/mol. The van der Waals surface area contributed by atoms with E-state index in [1.807, 2.05) is 0 Å². The van der Waals surface area contributed by atoms with E-state index < -0.39 is 0 Å². The first kappa shape index (κ1) is 14.3. The van der Waals surface area contributed by atoms with Crippen LogP contribution in [0.15, 0.2) is 0 Å². The fourth-order valence-corrected chi connectivity index (χ4v) is 3.49. The normalized spacial score (nSPS) is 42.7. The van der Waals surface area contributed by atoms with E-state index in [4.69, 9.17) is 4.74 Å². The Kier molecular flexibility index (Phi) is 4.35. The Morgan fingerprint density at radius 2 is 2.17 bits per heavy atom. The van der Waals surface area contributed by atoms with Crippen molar-refractivity contribution in [2.24, 2.45) is 5.92 Å². The lowest BCUT2D eigenvalue weighted by Crippen LogP contribution is -2.66. The highest BCUT2D eigenvalue weighted by molar-refractivity contribution is 5.02. The first-order valence-electron chi connectivity index (χ1n) is 7.60. The highest BCUT2D eigenvalue weighted by Crippen LogP contribution is 2.36. The average Bonchev–Trinajstić information content (AvgIpc) is 2.70. The van der Waals surface area contributed by atoms with Crippen molar-refractivity contribution in [1.82, 2.24) is 10.2 Å². The molecular weight excluding hydrogens is 224 g/mol. The van der Waals surface area contributed by atoms with Crippen LogP contribution in [-0.2, 0) is 4.74 Å². The number of rotatable bonds is 3. The fraction of sp³-hybridized carbons (Fsp3) is 1.00. The maximum absolute atomic E-state index is 5.86. The Morgan fingerprint density at radius 1 is 1.44 bits per heavy atom. The third-order valence-corrected chi connectivity index (χ3v) is 5.20. The molecule has 2 fully saturated rings. The Bertz CT molecular complexity index is 282. The third-order valence-electron chi connectivity index (χ3n) is 5.20. The second-order valence-electron chi connectivity index (χ2n) is 6.60. The van der Waals surface area contributed by atoms with Crippen LogP contribution in [0, 0.1) is 5.92 Å². The molecule has 0 radical (unpaired) electrons. The van der Waals surface area contributed by atoms with Gasteiger partial charge < -0.3 is 10.1 Å². The Hall–Kier alpha value is -0.120. The van der Waals surface area contributed by atoms with Crippen LogP contribution in [0.2, 0.25) is 0 Å². The van der Waals surface area contributed by atoms with Crippen LogP contribution in [-0.4, -0.2) is 48.3 Å². The van der Waals surface area contributed by atoms with Crippen molar-refractivity contribution in [3.8, 4) is 0 Å². The highest BCUT2D eigenvalue weighted by atomic mass is 16.5. The minimum atomic E-state index is 0.227. The topological polar surface area (TPSA) is 24.5 Å². The molecule has 0 amide bonds. The van der Waals surface area contributed by atoms with Gasteiger partial charge in [-0.05, 0) is 32.6 Å². The summed E-state index contributed by atoms with van der Waals surface area (Å²) in [5.74, 6) is 0.694. The molecule has 4 unspecified atom stereocenters. The number of nitrogens with one attached hydrogen (secondary N) is 1. The second kappa shape index (κ2) is 5.48. The molecule has 2 aliphatic rings. The van der Waals surface area contributed by atoms with Gasteiger partial charge in [0.2, 0.25) is 0 Å². The summed E-state index contributed by atoms with van der Waals surface area (Å²) >= 11 is 0. The van der Waals surface area contributed by atoms with Gasteiger partial charge in [-0.1, -0.05) is 20.8 Å². The van der Waals surface area contributed by atoms with E-state index in [-0.39, 0.29) is 5.54 Å². The summed E-state index contributed by atoms with van der Waals surface area (Å²) in [4.78, 5) is 2.75. The van der Waals surface area contributed by atoms with Crippen molar-refractivity contribution in [3.63, 3.8) is 0 Å². The van der Waals surface area contributed by atoms with E-state index in [9.17, 15) is 0 Å². The summed E-state index contributed by atoms with van der Waals surface area (Å²) in [6.07, 6.45) is 2.75. The summed E-state index contributed by atoms with van der Waals surface area (Å²) < 4.78 is 5.86. The van der Waals surface area contributed by atoms with E-state index in [1.165, 1.54) is 19.4 Å². The van der Waals surface area contributed by atoms with Gasteiger partial charge in [-0.3, -0.25) is 4.90 Å². The van der Waals surface area contributed by atoms with E-state index in [2.05, 4.69) is 44.8 Å². The first-order chi connectivity index (χ1) is 8.49. The number of piperazine rings is 1. The lowest BCUT2D eigenvalue weighted by molar-refractivity contribution is -0.0375. The highest BCUT2D eigenvalue weighted by Gasteiger charge is 2.47. The monoisotopic (exact) mass is 254 g/mol. The van der Waals surface area contributed by atoms with Gasteiger partial charge in [0.1, 0.15) is 0 Å². The minimum absolute atomic E-state index is 0.227. The number of nitrogens with zero attached hydrogens (tertiary/aromatic N) is 1. The molecule has 0 spiro atoms. The summed E-state index contributed by atoms with van der Waals surface area (Å²) in [6, 6.07) is 1.28. The lowest BCUT2D eigenvalue weighted by atomic mass is 9.85. The fourth-order valence-electron chi connectivity index (χ4n) is 3.49. The number of ether oxygens (including phenoxy) is 1. The molecule has 0 saturated carbocycles. The zero-order valence-corrected chi connectivity index (χ0v) is 12.7. The van der Waals surface area contributed by atoms with Gasteiger partial charge in [0, 0.05) is 37.3 Å². The number of hydrogen-bond acceptors (Lipinski definition) is 3. The SMILES string of the molecule is CCC1CN(C2(C)CCOC2C)C(C(C)C)CN1. The Balaban J connectivity index is 2.18. The van der Waals surface area contributed by atoms with Crippen molar-refractivity contribution in [2.75, 3.05) is 19.7 Å². The van der Waals surface area contributed by atoms with Gasteiger partial charge in [0.15, 0.2) is 0 Å². The van der Waals surface area contributed by atoms with E-state index >= 15 is 0 Å². The van der Waals surface area contributed by atoms with E-state index in [0.29, 0.717) is 24.1 Å². The molecule has 2 heterocycles. The maximum atomic E-state index is 5.86. The molecule has 18 heavy (non-hydrogen) atoms. The van der Waals surface area contributed by atoms with Crippen LogP contribution in [0.25, 0.3) is 0 Å². The molecular formula is C15H30N2O. The largest absolute Gasteiger partial charge is 0.377 e. The smallest absolute Gasteiger partial charge is 0.0728 e. The van der Waals surface area contributed by atoms with Crippen LogP contribution in [0.3, 0.4) is 0 Å². The molecule has 0 aromatic heterocycles. The molecule has 2 saturated heterocycles. The lowest BCUT2D eigenvalue weighted by Gasteiger charge is -2.51. The summed E-state index contributed by atoms with van der Waals surface area (Å²) in [5.41, 5.74) is 0.227. The van der Waals surface area contributed by atoms with Gasteiger partial charge in [-0.2, -0.15) is 0 Å². The van der Waals surface area contributed by atoms with Crippen LogP contribution >= 0.6 is 0 Å². The van der Waals surface area contributed by atoms with Crippen LogP contribution in [0.1, 0.15) is 47.5 Å². The Labute approximate surface area is 112 Å². The molecule has 2 rings (SSSR count). The zero-order chi connectivity index (χ0) is 13.3. The van der Waals surface area contributed by atoms with Gasteiger partial charge in [-0.15, -0.1) is 0 Å². The number of hydrogen-bond donors (Lipinski definition) is 1. The summed E-state index contributed by atoms with van der Waals surface area (Å²) in [6.45, 7) is 14.8. The van der Waals surface area contributed by atoms with Gasteiger partial charge in [0.25, 0.3) is 0 Å². The molecule has 1 N–H and O–H groups in total. The molecule has 4 atom stereocenters. The van der Waals surface area contributed by atoms with Crippen molar-refractivity contribution >= 4 is 0 Å². The van der Waals surface area contributed by atoms with Crippen molar-refractivity contribution in [2.45, 2.75) is 71.2 Å². The van der Waals surface area contributed by atoms with E-state index in [0.717, 1.165) is 13.2 Å². The molecule has 106 valence electrons. The molecule has 0 aliphatic carbocycles. The molecule has 0 aromatic rings. The molecule has 0 bridgehead atoms. The zero-order valence-electron chi connectivity index (χ0n) is 12.7. The van der Waals surface area contributed by atoms with Crippen LogP contribution in [0.4, 0.5) is 0 Å². The molecule has 2 aliphatic heterocycles. The average molecular weight is 254 g/mol. The standard InChI is InChI=1S/C15H30N2O/c1-6-13-10-17(14(9-16-13)11(2)3)15(5)7-8-18-12(15)4/h11-14,16H,6-10H2,1-5H3. The second-order valence-corrected chi connectivity index (χ2v) is 6.60. The van der Waals surface area contributed by atoms with Gasteiger partial charge in [0.05, 0.1) is 6.10 Å². The Morgan fingerprint density at radius 3 is 2.67 bits per heavy atom. The molecule has 3 nitrogen and oxygen atoms in total. The van der Waals surface area contributed by atoms with Crippen LogP contribution in [0.5, 0.6) is 0 Å². The molecule has 3 heteroatoms. The van der Waals surface area contributed by atoms with Gasteiger partial charge >= 0.3 is 0 Å². The predicted octanol–water partition coefficient (Wildman–Crippen LogP) is 2.26. The van der Waals surface area contributed by atoms with Crippen molar-refractivity contribution in [1.29, 1.82) is 0 Å². The van der Waals surface area contributed by atoms with E-state index in [1.54, 1.807) is 0 Å². The minimum Gasteiger partial charge on any atom is -0.377 e. The maximum Gasteiger partial charge on any atom is 0.0728 e. The quantitative estimate of drug-likeness (QED) is 0.836. The van der Waals surface area contributed by atoms with Crippen molar-refractivity contribution < 1.29 is 4.74 Å². The molecule has 0 aromatic carbocycles.